The van der Waals surface area contributed by atoms with Gasteiger partial charge in [-0.25, -0.2) is 17.6 Å². The summed E-state index contributed by atoms with van der Waals surface area (Å²) in [6, 6.07) is 12.9. The van der Waals surface area contributed by atoms with Crippen LogP contribution in [0.1, 0.15) is 81.3 Å². The van der Waals surface area contributed by atoms with Crippen molar-refractivity contribution in [3.63, 3.8) is 0 Å². The number of hydrogen-bond acceptors (Lipinski definition) is 1. The van der Waals surface area contributed by atoms with Crippen LogP contribution in [0.15, 0.2) is 54.6 Å². The van der Waals surface area contributed by atoms with Crippen LogP contribution >= 0.6 is 0 Å². The zero-order chi connectivity index (χ0) is 27.7. The number of hydrogen-bond donors (Lipinski definition) is 0. The van der Waals surface area contributed by atoms with Crippen LogP contribution in [-0.4, -0.2) is 6.11 Å². The maximum absolute atomic E-state index is 15.0. The van der Waals surface area contributed by atoms with E-state index < -0.39 is 35.3 Å². The lowest BCUT2D eigenvalue weighted by molar-refractivity contribution is -0.222. The molecule has 0 aliphatic heterocycles. The topological polar surface area (TPSA) is 9.23 Å². The predicted molar refractivity (Wildman–Crippen MR) is 139 cm³/mol. The van der Waals surface area contributed by atoms with Gasteiger partial charge in [0.15, 0.2) is 17.5 Å². The fourth-order valence-electron chi connectivity index (χ4n) is 6.14. The molecule has 0 unspecified atom stereocenters. The first-order chi connectivity index (χ1) is 18.6. The van der Waals surface area contributed by atoms with E-state index in [1.807, 2.05) is 0 Å². The molecule has 0 atom stereocenters. The van der Waals surface area contributed by atoms with E-state index in [-0.39, 0.29) is 35.6 Å². The van der Waals surface area contributed by atoms with Gasteiger partial charge in [0.2, 0.25) is 0 Å². The fourth-order valence-corrected chi connectivity index (χ4v) is 6.14. The largest absolute Gasteiger partial charge is 0.432 e. The van der Waals surface area contributed by atoms with Gasteiger partial charge in [-0.15, -0.1) is 0 Å². The molecule has 1 nitrogen and oxygen atoms in total. The molecule has 2 saturated carbocycles. The van der Waals surface area contributed by atoms with Crippen molar-refractivity contribution in [3.8, 4) is 16.9 Å². The fraction of sp³-hybridized carbons (Fsp3) is 0.438. The van der Waals surface area contributed by atoms with E-state index >= 15 is 8.78 Å². The van der Waals surface area contributed by atoms with Gasteiger partial charge < -0.3 is 4.74 Å². The number of alkyl halides is 2. The average Bonchev–Trinajstić information content (AvgIpc) is 2.92. The van der Waals surface area contributed by atoms with E-state index in [1.54, 1.807) is 0 Å². The van der Waals surface area contributed by atoms with Gasteiger partial charge in [0, 0.05) is 11.6 Å². The third kappa shape index (κ3) is 6.12. The van der Waals surface area contributed by atoms with Crippen molar-refractivity contribution in [1.82, 2.24) is 0 Å². The summed E-state index contributed by atoms with van der Waals surface area (Å²) in [4.78, 5) is 0. The third-order valence-electron chi connectivity index (χ3n) is 8.59. The highest BCUT2D eigenvalue weighted by atomic mass is 19.3. The summed E-state index contributed by atoms with van der Waals surface area (Å²) in [6.45, 7) is 2.31. The summed E-state index contributed by atoms with van der Waals surface area (Å²) in [6.07, 6.45) is 3.22. The molecule has 0 radical (unpaired) electrons. The van der Waals surface area contributed by atoms with Crippen LogP contribution in [0.3, 0.4) is 0 Å². The summed E-state index contributed by atoms with van der Waals surface area (Å²) in [5.74, 6) is -5.40. The van der Waals surface area contributed by atoms with Crippen molar-refractivity contribution in [1.29, 1.82) is 0 Å². The molecule has 0 heterocycles. The van der Waals surface area contributed by atoms with Crippen LogP contribution in [0.5, 0.6) is 5.75 Å². The van der Waals surface area contributed by atoms with E-state index in [2.05, 4.69) is 31.2 Å². The Morgan fingerprint density at radius 3 is 1.67 bits per heavy atom. The highest BCUT2D eigenvalue weighted by molar-refractivity contribution is 5.65. The zero-order valence-corrected chi connectivity index (χ0v) is 21.8. The first-order valence-corrected chi connectivity index (χ1v) is 13.7. The Morgan fingerprint density at radius 2 is 1.15 bits per heavy atom. The van der Waals surface area contributed by atoms with E-state index in [4.69, 9.17) is 4.74 Å². The minimum Gasteiger partial charge on any atom is -0.432 e. The standard InChI is InChI=1S/C32H32F6O/c1-19-2-4-20(5-3-19)21-6-8-22(9-7-21)23-10-12-25(13-11-23)32(37,38)39-26-14-15-27(28(33)18-26)24-16-29(34)31(36)30(35)17-24/h6-9,14-20,23,25H,2-5,10-13H2,1H3. The first-order valence-electron chi connectivity index (χ1n) is 13.7. The van der Waals surface area contributed by atoms with Gasteiger partial charge in [-0.2, -0.15) is 8.78 Å². The SMILES string of the molecule is CC1CCC(c2ccc(C3CCC(C(F)(F)Oc4ccc(-c5cc(F)c(F)c(F)c5)c(F)c4)CC3)cc2)CC1. The normalized spacial score (nSPS) is 24.0. The maximum Gasteiger partial charge on any atom is 0.400 e. The average molecular weight is 547 g/mol. The Balaban J connectivity index is 1.19. The Morgan fingerprint density at radius 1 is 0.641 bits per heavy atom. The molecule has 0 spiro atoms. The smallest absolute Gasteiger partial charge is 0.400 e. The zero-order valence-electron chi connectivity index (χ0n) is 21.8. The third-order valence-corrected chi connectivity index (χ3v) is 8.59. The second-order valence-electron chi connectivity index (χ2n) is 11.2. The highest BCUT2D eigenvalue weighted by Gasteiger charge is 2.44. The van der Waals surface area contributed by atoms with Crippen molar-refractivity contribution in [2.45, 2.75) is 76.2 Å². The van der Waals surface area contributed by atoms with Crippen LogP contribution in [0, 0.1) is 35.1 Å². The van der Waals surface area contributed by atoms with E-state index in [0.717, 1.165) is 24.1 Å². The molecular formula is C32H32F6O. The lowest BCUT2D eigenvalue weighted by Crippen LogP contribution is -2.37. The second-order valence-corrected chi connectivity index (χ2v) is 11.2. The summed E-state index contributed by atoms with van der Waals surface area (Å²) >= 11 is 0. The Hall–Kier alpha value is -2.96. The molecule has 7 heteroatoms. The van der Waals surface area contributed by atoms with E-state index in [9.17, 15) is 17.6 Å². The maximum atomic E-state index is 15.0. The number of rotatable bonds is 6. The summed E-state index contributed by atoms with van der Waals surface area (Å²) in [5, 5.41) is 0. The molecule has 208 valence electrons. The van der Waals surface area contributed by atoms with Crippen LogP contribution in [0.25, 0.3) is 11.1 Å². The minimum absolute atomic E-state index is 0.214. The first kappa shape index (κ1) is 27.6. The predicted octanol–water partition coefficient (Wildman–Crippen LogP) is 10.1. The van der Waals surface area contributed by atoms with Crippen molar-refractivity contribution in [3.05, 3.63) is 89.0 Å². The molecule has 0 bridgehead atoms. The molecule has 0 amide bonds. The van der Waals surface area contributed by atoms with Crippen LogP contribution < -0.4 is 4.74 Å². The molecule has 0 N–H and O–H groups in total. The summed E-state index contributed by atoms with van der Waals surface area (Å²) in [7, 11) is 0. The monoisotopic (exact) mass is 546 g/mol. The highest BCUT2D eigenvalue weighted by Crippen LogP contribution is 2.44. The van der Waals surface area contributed by atoms with Gasteiger partial charge in [-0.05, 0) is 97.2 Å². The molecular weight excluding hydrogens is 514 g/mol. The minimum atomic E-state index is -3.50. The molecule has 3 aromatic rings. The molecule has 2 aliphatic carbocycles. The summed E-state index contributed by atoms with van der Waals surface area (Å²) in [5.41, 5.74) is 2.04. The lowest BCUT2D eigenvalue weighted by Gasteiger charge is -2.33. The van der Waals surface area contributed by atoms with Gasteiger partial charge >= 0.3 is 6.11 Å². The van der Waals surface area contributed by atoms with Crippen molar-refractivity contribution >= 4 is 0 Å². The van der Waals surface area contributed by atoms with E-state index in [1.165, 1.54) is 36.8 Å². The molecule has 0 aromatic heterocycles. The number of benzene rings is 3. The molecule has 2 aliphatic rings. The number of halogens is 6. The van der Waals surface area contributed by atoms with Gasteiger partial charge in [-0.3, -0.25) is 0 Å². The van der Waals surface area contributed by atoms with Crippen LogP contribution in [0.4, 0.5) is 26.3 Å². The van der Waals surface area contributed by atoms with Gasteiger partial charge in [-0.1, -0.05) is 44.0 Å². The number of ether oxygens (including phenoxy) is 1. The second kappa shape index (κ2) is 11.3. The lowest BCUT2D eigenvalue weighted by atomic mass is 9.76. The molecule has 2 fully saturated rings. The Labute approximate surface area is 225 Å². The molecule has 0 saturated heterocycles. The van der Waals surface area contributed by atoms with Crippen molar-refractivity contribution in [2.24, 2.45) is 11.8 Å². The summed E-state index contributed by atoms with van der Waals surface area (Å²) < 4.78 is 90.0. The van der Waals surface area contributed by atoms with Crippen molar-refractivity contribution in [2.75, 3.05) is 0 Å². The molecule has 5 rings (SSSR count). The van der Waals surface area contributed by atoms with Crippen LogP contribution in [-0.2, 0) is 0 Å². The van der Waals surface area contributed by atoms with Gasteiger partial charge in [0.05, 0.1) is 5.92 Å². The quantitative estimate of drug-likeness (QED) is 0.221. The van der Waals surface area contributed by atoms with E-state index in [0.29, 0.717) is 30.9 Å². The van der Waals surface area contributed by atoms with Gasteiger partial charge in [0.25, 0.3) is 0 Å². The van der Waals surface area contributed by atoms with Crippen molar-refractivity contribution < 1.29 is 31.1 Å². The Bertz CT molecular complexity index is 1270. The molecule has 3 aromatic carbocycles. The van der Waals surface area contributed by atoms with Crippen LogP contribution in [0.2, 0.25) is 0 Å². The Kier molecular flexibility index (Phi) is 7.97. The van der Waals surface area contributed by atoms with Gasteiger partial charge in [0.1, 0.15) is 11.6 Å². The molecule has 39 heavy (non-hydrogen) atoms.